The number of hydrazone groups is 1. The third-order valence-corrected chi connectivity index (χ3v) is 5.52. The zero-order valence-corrected chi connectivity index (χ0v) is 18.8. The highest BCUT2D eigenvalue weighted by Crippen LogP contribution is 2.26. The molecule has 2 aromatic carbocycles. The fraction of sp³-hybridized carbons (Fsp3) is 0.263. The molecular weight excluding hydrogens is 558 g/mol. The smallest absolute Gasteiger partial charge is 0.277 e. The van der Waals surface area contributed by atoms with Gasteiger partial charge in [-0.2, -0.15) is 5.10 Å². The van der Waals surface area contributed by atoms with E-state index in [1.807, 2.05) is 69.4 Å². The van der Waals surface area contributed by atoms with Crippen LogP contribution < -0.4 is 10.2 Å². The van der Waals surface area contributed by atoms with E-state index < -0.39 is 0 Å². The topological polar surface area (TPSA) is 70.9 Å². The Morgan fingerprint density at radius 1 is 1.27 bits per heavy atom. The van der Waals surface area contributed by atoms with E-state index in [0.29, 0.717) is 11.7 Å². The molecule has 0 saturated carbocycles. The van der Waals surface area contributed by atoms with Gasteiger partial charge in [0.2, 0.25) is 0 Å². The van der Waals surface area contributed by atoms with Gasteiger partial charge in [0.05, 0.1) is 13.4 Å². The molecule has 26 heavy (non-hydrogen) atoms. The highest BCUT2D eigenvalue weighted by Gasteiger charge is 2.06. The summed E-state index contributed by atoms with van der Waals surface area (Å²) in [4.78, 5) is 11.8. The quantitative estimate of drug-likeness (QED) is 0.286. The maximum atomic E-state index is 11.8. The van der Waals surface area contributed by atoms with E-state index in [1.165, 1.54) is 11.8 Å². The molecule has 2 aromatic rings. The number of halogens is 2. The van der Waals surface area contributed by atoms with Gasteiger partial charge in [0.25, 0.3) is 5.91 Å². The summed E-state index contributed by atoms with van der Waals surface area (Å²) < 4.78 is 6.93. The number of phenolic OH excluding ortho intramolecular Hbond substituents is 1. The van der Waals surface area contributed by atoms with Crippen molar-refractivity contribution in [3.05, 3.63) is 54.7 Å². The molecule has 2 N–H and O–H groups in total. The summed E-state index contributed by atoms with van der Waals surface area (Å²) in [6.07, 6.45) is 2.61. The summed E-state index contributed by atoms with van der Waals surface area (Å²) in [6, 6.07) is 11.4. The van der Waals surface area contributed by atoms with E-state index in [0.717, 1.165) is 19.1 Å². The summed E-state index contributed by atoms with van der Waals surface area (Å²) in [6.45, 7) is 4.22. The number of hydrogen-bond acceptors (Lipinski definition) is 4. The lowest BCUT2D eigenvalue weighted by molar-refractivity contribution is -0.123. The Bertz CT molecular complexity index is 769. The van der Waals surface area contributed by atoms with E-state index >= 15 is 0 Å². The van der Waals surface area contributed by atoms with E-state index in [-0.39, 0.29) is 18.3 Å². The van der Waals surface area contributed by atoms with Crippen LogP contribution in [-0.2, 0) is 4.79 Å². The first-order valence-electron chi connectivity index (χ1n) is 8.13. The molecule has 138 valence electrons. The number of benzene rings is 2. The Kier molecular flexibility index (Phi) is 8.14. The van der Waals surface area contributed by atoms with Gasteiger partial charge in [-0.05, 0) is 92.9 Å². The number of nitrogens with one attached hydrogen (secondary N) is 1. The number of nitrogens with zero attached hydrogens (tertiary/aromatic N) is 1. The zero-order valence-electron chi connectivity index (χ0n) is 14.5. The van der Waals surface area contributed by atoms with Gasteiger partial charge in [-0.1, -0.05) is 26.0 Å². The normalized spacial score (nSPS) is 12.2. The zero-order chi connectivity index (χ0) is 19.1. The van der Waals surface area contributed by atoms with Crippen LogP contribution in [0.4, 0.5) is 0 Å². The standard InChI is InChI=1S/C19H20I2N2O3/c1-3-12(2)14-4-6-15(7-5-14)26-11-18(24)23-22-10-13-8-16(20)19(25)17(21)9-13/h4-10,12,25H,3,11H2,1-2H3,(H,23,24)/b22-10-. The molecule has 0 heterocycles. The monoisotopic (exact) mass is 578 g/mol. The van der Waals surface area contributed by atoms with Crippen LogP contribution in [0.15, 0.2) is 41.5 Å². The summed E-state index contributed by atoms with van der Waals surface area (Å²) in [5.74, 6) is 1.07. The lowest BCUT2D eigenvalue weighted by atomic mass is 9.99. The number of aromatic hydroxyl groups is 1. The van der Waals surface area contributed by atoms with Crippen LogP contribution in [0.25, 0.3) is 0 Å². The molecule has 0 aliphatic heterocycles. The molecule has 0 fully saturated rings. The van der Waals surface area contributed by atoms with Crippen LogP contribution in [0.1, 0.15) is 37.3 Å². The van der Waals surface area contributed by atoms with Crippen LogP contribution in [0.3, 0.4) is 0 Å². The van der Waals surface area contributed by atoms with Crippen LogP contribution in [0.2, 0.25) is 0 Å². The maximum Gasteiger partial charge on any atom is 0.277 e. The van der Waals surface area contributed by atoms with Crippen molar-refractivity contribution in [2.24, 2.45) is 5.10 Å². The Balaban J connectivity index is 1.83. The van der Waals surface area contributed by atoms with E-state index in [1.54, 1.807) is 12.1 Å². The Morgan fingerprint density at radius 2 is 1.88 bits per heavy atom. The highest BCUT2D eigenvalue weighted by molar-refractivity contribution is 14.1. The second-order valence-electron chi connectivity index (χ2n) is 5.79. The van der Waals surface area contributed by atoms with Crippen molar-refractivity contribution in [3.63, 3.8) is 0 Å². The summed E-state index contributed by atoms with van der Waals surface area (Å²) >= 11 is 4.09. The number of rotatable bonds is 7. The number of carbonyl (C=O) groups excluding carboxylic acids is 1. The fourth-order valence-corrected chi connectivity index (χ4v) is 3.96. The first-order valence-corrected chi connectivity index (χ1v) is 10.3. The summed E-state index contributed by atoms with van der Waals surface area (Å²) in [5, 5.41) is 13.7. The molecule has 0 saturated heterocycles. The third kappa shape index (κ3) is 6.11. The van der Waals surface area contributed by atoms with Gasteiger partial charge >= 0.3 is 0 Å². The van der Waals surface area contributed by atoms with Crippen LogP contribution in [0.5, 0.6) is 11.5 Å². The van der Waals surface area contributed by atoms with E-state index in [9.17, 15) is 9.90 Å². The minimum atomic E-state index is -0.338. The van der Waals surface area contributed by atoms with Crippen molar-refractivity contribution >= 4 is 57.3 Å². The molecule has 5 nitrogen and oxygen atoms in total. The van der Waals surface area contributed by atoms with Gasteiger partial charge in [-0.25, -0.2) is 5.43 Å². The lowest BCUT2D eigenvalue weighted by Crippen LogP contribution is -2.24. The van der Waals surface area contributed by atoms with Crippen LogP contribution in [0, 0.1) is 7.14 Å². The van der Waals surface area contributed by atoms with Crippen LogP contribution in [-0.4, -0.2) is 23.8 Å². The molecule has 0 aliphatic rings. The van der Waals surface area contributed by atoms with Crippen molar-refractivity contribution in [1.82, 2.24) is 5.43 Å². The van der Waals surface area contributed by atoms with Crippen molar-refractivity contribution in [2.45, 2.75) is 26.2 Å². The lowest BCUT2D eigenvalue weighted by Gasteiger charge is -2.10. The Hall–Kier alpha value is -1.36. The van der Waals surface area contributed by atoms with Crippen molar-refractivity contribution in [3.8, 4) is 11.5 Å². The predicted octanol–water partition coefficient (Wildman–Crippen LogP) is 4.64. The molecule has 0 aromatic heterocycles. The van der Waals surface area contributed by atoms with E-state index in [2.05, 4.69) is 24.4 Å². The number of ether oxygens (including phenoxy) is 1. The third-order valence-electron chi connectivity index (χ3n) is 3.87. The summed E-state index contributed by atoms with van der Waals surface area (Å²) in [7, 11) is 0. The Labute approximate surface area is 180 Å². The average molecular weight is 578 g/mol. The van der Waals surface area contributed by atoms with Gasteiger partial charge in [0.1, 0.15) is 11.5 Å². The first kappa shape index (κ1) is 20.9. The molecule has 0 radical (unpaired) electrons. The van der Waals surface area contributed by atoms with Gasteiger partial charge in [-0.3, -0.25) is 4.79 Å². The van der Waals surface area contributed by atoms with Crippen LogP contribution >= 0.6 is 45.2 Å². The van der Waals surface area contributed by atoms with Gasteiger partial charge in [-0.15, -0.1) is 0 Å². The van der Waals surface area contributed by atoms with E-state index in [4.69, 9.17) is 4.74 Å². The largest absolute Gasteiger partial charge is 0.506 e. The molecule has 2 rings (SSSR count). The SMILES string of the molecule is CCC(C)c1ccc(OCC(=O)N/N=C\c2cc(I)c(O)c(I)c2)cc1. The Morgan fingerprint density at radius 3 is 2.46 bits per heavy atom. The second kappa shape index (κ2) is 10.1. The molecule has 7 heteroatoms. The molecule has 0 aliphatic carbocycles. The van der Waals surface area contributed by atoms with Gasteiger partial charge in [0.15, 0.2) is 6.61 Å². The predicted molar refractivity (Wildman–Crippen MR) is 120 cm³/mol. The number of amides is 1. The molecule has 1 atom stereocenters. The fourth-order valence-electron chi connectivity index (χ4n) is 2.15. The highest BCUT2D eigenvalue weighted by atomic mass is 127. The molecule has 0 spiro atoms. The number of phenols is 1. The van der Waals surface area contributed by atoms with Gasteiger partial charge < -0.3 is 9.84 Å². The van der Waals surface area contributed by atoms with Crippen molar-refractivity contribution in [2.75, 3.05) is 6.61 Å². The number of hydrogen-bond donors (Lipinski definition) is 2. The summed E-state index contributed by atoms with van der Waals surface area (Å²) in [5.41, 5.74) is 4.48. The average Bonchev–Trinajstić information content (AvgIpc) is 2.64. The number of carbonyl (C=O) groups is 1. The van der Waals surface area contributed by atoms with Crippen molar-refractivity contribution in [1.29, 1.82) is 0 Å². The van der Waals surface area contributed by atoms with Gasteiger partial charge in [0, 0.05) is 0 Å². The van der Waals surface area contributed by atoms with Crippen molar-refractivity contribution < 1.29 is 14.6 Å². The molecular formula is C19H20I2N2O3. The first-order chi connectivity index (χ1) is 12.4. The molecule has 0 bridgehead atoms. The molecule has 1 amide bonds. The molecule has 1 unspecified atom stereocenters. The minimum absolute atomic E-state index is 0.106. The maximum absolute atomic E-state index is 11.8. The second-order valence-corrected chi connectivity index (χ2v) is 8.12. The minimum Gasteiger partial charge on any atom is -0.506 e.